The van der Waals surface area contributed by atoms with Gasteiger partial charge in [0.25, 0.3) is 0 Å². The Morgan fingerprint density at radius 2 is 2.35 bits per heavy atom. The number of ether oxygens (including phenoxy) is 1. The van der Waals surface area contributed by atoms with Crippen molar-refractivity contribution in [1.29, 1.82) is 0 Å². The molecule has 0 spiro atoms. The zero-order valence-electron chi connectivity index (χ0n) is 10.9. The topological polar surface area (TPSA) is 39.1 Å². The fraction of sp³-hybridized carbons (Fsp3) is 0.769. The van der Waals surface area contributed by atoms with Crippen LogP contribution in [0.5, 0.6) is 0 Å². The summed E-state index contributed by atoms with van der Waals surface area (Å²) in [5.41, 5.74) is 2.40. The van der Waals surface area contributed by atoms with Crippen molar-refractivity contribution in [3.8, 4) is 0 Å². The van der Waals surface area contributed by atoms with E-state index in [0.717, 1.165) is 44.3 Å². The summed E-state index contributed by atoms with van der Waals surface area (Å²) in [7, 11) is 1.96. The molecule has 0 amide bonds. The largest absolute Gasteiger partial charge is 0.381 e. The Morgan fingerprint density at radius 3 is 3.00 bits per heavy atom. The second-order valence-electron chi connectivity index (χ2n) is 4.96. The molecule has 1 aromatic heterocycles. The molecule has 17 heavy (non-hydrogen) atoms. The standard InChI is InChI=1S/C13H23N3O/c1-11-13(9-16(2)15-11)8-14-6-3-7-17-10-12-4-5-12/h9,12,14H,3-8,10H2,1-2H3. The molecule has 4 heteroatoms. The van der Waals surface area contributed by atoms with Crippen LogP contribution >= 0.6 is 0 Å². The first kappa shape index (κ1) is 12.6. The predicted molar refractivity (Wildman–Crippen MR) is 67.8 cm³/mol. The van der Waals surface area contributed by atoms with Crippen LogP contribution in [-0.4, -0.2) is 29.5 Å². The molecule has 0 unspecified atom stereocenters. The third-order valence-corrected chi connectivity index (χ3v) is 3.12. The van der Waals surface area contributed by atoms with Crippen LogP contribution in [0.15, 0.2) is 6.20 Å². The van der Waals surface area contributed by atoms with Gasteiger partial charge in [0.15, 0.2) is 0 Å². The molecule has 1 fully saturated rings. The molecule has 4 nitrogen and oxygen atoms in total. The maximum Gasteiger partial charge on any atom is 0.0638 e. The molecular formula is C13H23N3O. The lowest BCUT2D eigenvalue weighted by Gasteiger charge is -2.05. The van der Waals surface area contributed by atoms with Gasteiger partial charge in [-0.05, 0) is 38.6 Å². The average molecular weight is 237 g/mol. The van der Waals surface area contributed by atoms with Gasteiger partial charge in [-0.1, -0.05) is 0 Å². The van der Waals surface area contributed by atoms with Crippen molar-refractivity contribution in [2.45, 2.75) is 32.7 Å². The highest BCUT2D eigenvalue weighted by molar-refractivity contribution is 5.14. The normalized spacial score (nSPS) is 15.4. The maximum absolute atomic E-state index is 5.58. The van der Waals surface area contributed by atoms with Gasteiger partial charge in [0.1, 0.15) is 0 Å². The highest BCUT2D eigenvalue weighted by Crippen LogP contribution is 2.28. The van der Waals surface area contributed by atoms with Crippen molar-refractivity contribution >= 4 is 0 Å². The first-order valence-electron chi connectivity index (χ1n) is 6.53. The van der Waals surface area contributed by atoms with Gasteiger partial charge < -0.3 is 10.1 Å². The Hall–Kier alpha value is -0.870. The average Bonchev–Trinajstić information content (AvgIpc) is 3.04. The Kier molecular flexibility index (Phi) is 4.57. The summed E-state index contributed by atoms with van der Waals surface area (Å²) in [6.45, 7) is 5.83. The van der Waals surface area contributed by atoms with Crippen LogP contribution in [0.1, 0.15) is 30.5 Å². The van der Waals surface area contributed by atoms with Crippen LogP contribution in [0.3, 0.4) is 0 Å². The van der Waals surface area contributed by atoms with Crippen LogP contribution in [0.4, 0.5) is 0 Å². The minimum atomic E-state index is 0.876. The molecule has 0 radical (unpaired) electrons. The molecule has 96 valence electrons. The van der Waals surface area contributed by atoms with Crippen molar-refractivity contribution in [2.24, 2.45) is 13.0 Å². The number of hydrogen-bond acceptors (Lipinski definition) is 3. The van der Waals surface area contributed by atoms with Gasteiger partial charge in [0.05, 0.1) is 5.69 Å². The summed E-state index contributed by atoms with van der Waals surface area (Å²) < 4.78 is 7.45. The quantitative estimate of drug-likeness (QED) is 0.699. The fourth-order valence-electron chi connectivity index (χ4n) is 1.88. The molecule has 0 bridgehead atoms. The van der Waals surface area contributed by atoms with Crippen LogP contribution in [0, 0.1) is 12.8 Å². The van der Waals surface area contributed by atoms with Crippen molar-refractivity contribution < 1.29 is 4.74 Å². The van der Waals surface area contributed by atoms with Gasteiger partial charge >= 0.3 is 0 Å². The first-order valence-corrected chi connectivity index (χ1v) is 6.53. The monoisotopic (exact) mass is 237 g/mol. The van der Waals surface area contributed by atoms with Gasteiger partial charge in [0, 0.05) is 38.6 Å². The summed E-state index contributed by atoms with van der Waals surface area (Å²) >= 11 is 0. The molecule has 0 aromatic carbocycles. The van der Waals surface area contributed by atoms with E-state index in [2.05, 4.69) is 23.5 Å². The summed E-state index contributed by atoms with van der Waals surface area (Å²) in [6.07, 6.45) is 5.91. The van der Waals surface area contributed by atoms with Gasteiger partial charge in [-0.25, -0.2) is 0 Å². The van der Waals surface area contributed by atoms with Gasteiger partial charge in [-0.3, -0.25) is 4.68 Å². The molecule has 1 N–H and O–H groups in total. The molecule has 2 rings (SSSR count). The van der Waals surface area contributed by atoms with E-state index in [4.69, 9.17) is 4.74 Å². The number of hydrogen-bond donors (Lipinski definition) is 1. The highest BCUT2D eigenvalue weighted by atomic mass is 16.5. The minimum absolute atomic E-state index is 0.876. The fourth-order valence-corrected chi connectivity index (χ4v) is 1.88. The SMILES string of the molecule is Cc1nn(C)cc1CNCCCOCC1CC1. The summed E-state index contributed by atoms with van der Waals surface area (Å²) in [5.74, 6) is 0.876. The number of nitrogens with zero attached hydrogens (tertiary/aromatic N) is 2. The van der Waals surface area contributed by atoms with E-state index in [1.165, 1.54) is 18.4 Å². The van der Waals surface area contributed by atoms with Gasteiger partial charge in [-0.2, -0.15) is 5.10 Å². The predicted octanol–water partition coefficient (Wildman–Crippen LogP) is 1.63. The van der Waals surface area contributed by atoms with E-state index in [9.17, 15) is 0 Å². The lowest BCUT2D eigenvalue weighted by molar-refractivity contribution is 0.122. The van der Waals surface area contributed by atoms with Crippen LogP contribution in [0.2, 0.25) is 0 Å². The van der Waals surface area contributed by atoms with Crippen LogP contribution in [0.25, 0.3) is 0 Å². The Balaban J connectivity index is 1.49. The molecule has 0 aliphatic heterocycles. The van der Waals surface area contributed by atoms with Gasteiger partial charge in [-0.15, -0.1) is 0 Å². The number of aromatic nitrogens is 2. The lowest BCUT2D eigenvalue weighted by atomic mass is 10.2. The van der Waals surface area contributed by atoms with Crippen LogP contribution < -0.4 is 5.32 Å². The van der Waals surface area contributed by atoms with E-state index < -0.39 is 0 Å². The summed E-state index contributed by atoms with van der Waals surface area (Å²) in [5, 5.41) is 7.74. The van der Waals surface area contributed by atoms with Crippen molar-refractivity contribution in [3.05, 3.63) is 17.5 Å². The molecule has 0 atom stereocenters. The lowest BCUT2D eigenvalue weighted by Crippen LogP contribution is -2.16. The molecule has 0 saturated heterocycles. The minimum Gasteiger partial charge on any atom is -0.381 e. The number of aryl methyl sites for hydroxylation is 2. The van der Waals surface area contributed by atoms with Crippen molar-refractivity contribution in [2.75, 3.05) is 19.8 Å². The Bertz CT molecular complexity index is 344. The van der Waals surface area contributed by atoms with Gasteiger partial charge in [0.2, 0.25) is 0 Å². The van der Waals surface area contributed by atoms with E-state index in [1.807, 2.05) is 11.7 Å². The maximum atomic E-state index is 5.58. The van der Waals surface area contributed by atoms with E-state index in [1.54, 1.807) is 0 Å². The second-order valence-corrected chi connectivity index (χ2v) is 4.96. The molecule has 1 aliphatic rings. The molecule has 1 aliphatic carbocycles. The molecule has 1 heterocycles. The van der Waals surface area contributed by atoms with Crippen molar-refractivity contribution in [1.82, 2.24) is 15.1 Å². The molecule has 1 aromatic rings. The smallest absolute Gasteiger partial charge is 0.0638 e. The number of nitrogens with one attached hydrogen (secondary N) is 1. The third-order valence-electron chi connectivity index (χ3n) is 3.12. The first-order chi connectivity index (χ1) is 8.25. The summed E-state index contributed by atoms with van der Waals surface area (Å²) in [6, 6.07) is 0. The Labute approximate surface area is 103 Å². The van der Waals surface area contributed by atoms with E-state index in [0.29, 0.717) is 0 Å². The third kappa shape index (κ3) is 4.48. The van der Waals surface area contributed by atoms with Crippen molar-refractivity contribution in [3.63, 3.8) is 0 Å². The highest BCUT2D eigenvalue weighted by Gasteiger charge is 2.20. The zero-order chi connectivity index (χ0) is 12.1. The zero-order valence-corrected chi connectivity index (χ0v) is 10.9. The molecule has 1 saturated carbocycles. The van der Waals surface area contributed by atoms with E-state index >= 15 is 0 Å². The Morgan fingerprint density at radius 1 is 1.53 bits per heavy atom. The van der Waals surface area contributed by atoms with E-state index in [-0.39, 0.29) is 0 Å². The van der Waals surface area contributed by atoms with Crippen LogP contribution in [-0.2, 0) is 18.3 Å². The molecular weight excluding hydrogens is 214 g/mol. The summed E-state index contributed by atoms with van der Waals surface area (Å²) in [4.78, 5) is 0. The number of rotatable bonds is 8. The second kappa shape index (κ2) is 6.17.